The Hall–Kier alpha value is -3.98. The Kier molecular flexibility index (Phi) is 8.74. The topological polar surface area (TPSA) is 133 Å². The Morgan fingerprint density at radius 2 is 1.69 bits per heavy atom. The number of carbonyl (C=O) groups excluding carboxylic acids is 2. The molecule has 9 heteroatoms. The van der Waals surface area contributed by atoms with E-state index in [0.717, 1.165) is 43.6 Å². The lowest BCUT2D eigenvalue weighted by atomic mass is 9.89. The average Bonchev–Trinajstić information content (AvgIpc) is 3.02. The maximum Gasteiger partial charge on any atom is 0.422 e. The third-order valence-electron chi connectivity index (χ3n) is 5.79. The number of fused-ring (bicyclic) bond motifs is 2. The van der Waals surface area contributed by atoms with Crippen molar-refractivity contribution in [2.24, 2.45) is 0 Å². The zero-order valence-corrected chi connectivity index (χ0v) is 19.4. The first-order valence-corrected chi connectivity index (χ1v) is 11.3. The van der Waals surface area contributed by atoms with Gasteiger partial charge in [-0.1, -0.05) is 31.2 Å². The summed E-state index contributed by atoms with van der Waals surface area (Å²) in [5.74, 6) is -2.67. The van der Waals surface area contributed by atoms with Gasteiger partial charge in [0, 0.05) is 25.2 Å². The van der Waals surface area contributed by atoms with Gasteiger partial charge in [0.2, 0.25) is 0 Å². The van der Waals surface area contributed by atoms with E-state index in [9.17, 15) is 19.2 Å². The molecule has 0 fully saturated rings. The predicted molar refractivity (Wildman–Crippen MR) is 129 cm³/mol. The molecular weight excluding hydrogens is 452 g/mol. The van der Waals surface area contributed by atoms with Crippen LogP contribution in [0.4, 0.5) is 10.5 Å². The highest BCUT2D eigenvalue weighted by atomic mass is 16.6. The molecule has 2 aromatic carbocycles. The number of carboxylic acids is 2. The van der Waals surface area contributed by atoms with Crippen LogP contribution in [0.3, 0.4) is 0 Å². The summed E-state index contributed by atoms with van der Waals surface area (Å²) in [6.45, 7) is 4.72. The molecule has 2 aliphatic heterocycles. The lowest BCUT2D eigenvalue weighted by Gasteiger charge is -2.30. The molecule has 3 N–H and O–H groups in total. The molecule has 0 aliphatic carbocycles. The van der Waals surface area contributed by atoms with Crippen LogP contribution in [0, 0.1) is 0 Å². The Balaban J connectivity index is 0.000000371. The van der Waals surface area contributed by atoms with Crippen LogP contribution in [-0.4, -0.2) is 53.8 Å². The predicted octanol–water partition coefficient (Wildman–Crippen LogP) is 3.38. The molecule has 2 aromatic rings. The van der Waals surface area contributed by atoms with E-state index in [4.69, 9.17) is 14.9 Å². The third kappa shape index (κ3) is 7.00. The van der Waals surface area contributed by atoms with Gasteiger partial charge in [-0.15, -0.1) is 0 Å². The number of rotatable bonds is 3. The largest absolute Gasteiger partial charge is 0.478 e. The quantitative estimate of drug-likeness (QED) is 0.346. The monoisotopic (exact) mass is 480 g/mol. The lowest BCUT2D eigenvalue weighted by Crippen LogP contribution is -2.37. The van der Waals surface area contributed by atoms with Gasteiger partial charge < -0.3 is 20.3 Å². The molecule has 0 aromatic heterocycles. The van der Waals surface area contributed by atoms with Gasteiger partial charge in [0.05, 0.1) is 11.3 Å². The minimum Gasteiger partial charge on any atom is -0.478 e. The van der Waals surface area contributed by atoms with Gasteiger partial charge in [0.1, 0.15) is 0 Å². The Labute approximate surface area is 203 Å². The molecule has 1 unspecified atom stereocenters. The number of ether oxygens (including phenoxy) is 1. The number of aryl methyl sites for hydroxylation is 1. The number of esters is 1. The average molecular weight is 481 g/mol. The van der Waals surface area contributed by atoms with Crippen molar-refractivity contribution < 1.29 is 34.1 Å². The van der Waals surface area contributed by atoms with E-state index < -0.39 is 24.0 Å². The summed E-state index contributed by atoms with van der Waals surface area (Å²) in [6, 6.07) is 13.0. The first kappa shape index (κ1) is 25.6. The highest BCUT2D eigenvalue weighted by Gasteiger charge is 2.28. The van der Waals surface area contributed by atoms with Crippen LogP contribution in [0.2, 0.25) is 0 Å². The fraction of sp³-hybridized carbons (Fsp3) is 0.308. The maximum atomic E-state index is 12.7. The number of hydrogen-bond donors (Lipinski definition) is 3. The Morgan fingerprint density at radius 1 is 1.00 bits per heavy atom. The second kappa shape index (κ2) is 11.9. The Morgan fingerprint density at radius 3 is 2.34 bits per heavy atom. The number of carbonyl (C=O) groups is 4. The second-order valence-electron chi connectivity index (χ2n) is 8.32. The molecule has 0 bridgehead atoms. The van der Waals surface area contributed by atoms with Gasteiger partial charge in [-0.3, -0.25) is 4.90 Å². The van der Waals surface area contributed by atoms with Crippen LogP contribution in [0.5, 0.6) is 0 Å². The summed E-state index contributed by atoms with van der Waals surface area (Å²) < 4.78 is 5.16. The smallest absolute Gasteiger partial charge is 0.422 e. The molecule has 0 saturated heterocycles. The van der Waals surface area contributed by atoms with Gasteiger partial charge in [0.15, 0.2) is 0 Å². The van der Waals surface area contributed by atoms with Crippen LogP contribution >= 0.6 is 0 Å². The SMILES string of the molecule is CC1CNCCc2cc3c(cc21)CCCN3C(=O)OC(=O)c1ccccc1.O=C(O)/C=C/C(=O)O. The van der Waals surface area contributed by atoms with E-state index in [1.54, 1.807) is 29.2 Å². The molecule has 0 radical (unpaired) electrons. The molecule has 35 heavy (non-hydrogen) atoms. The molecule has 0 spiro atoms. The normalized spacial score (nSPS) is 16.7. The van der Waals surface area contributed by atoms with E-state index in [0.29, 0.717) is 30.2 Å². The molecule has 9 nitrogen and oxygen atoms in total. The summed E-state index contributed by atoms with van der Waals surface area (Å²) >= 11 is 0. The van der Waals surface area contributed by atoms with Crippen molar-refractivity contribution in [1.29, 1.82) is 0 Å². The minimum atomic E-state index is -1.26. The van der Waals surface area contributed by atoms with Crippen molar-refractivity contribution in [2.45, 2.75) is 32.1 Å². The molecule has 184 valence electrons. The number of aliphatic carboxylic acids is 2. The standard InChI is InChI=1S/C22H24N2O3.C4H4O4/c1-15-14-23-10-9-17-13-20-18(12-19(15)17)8-5-11-24(20)22(26)27-21(25)16-6-3-2-4-7-16;5-3(6)1-2-4(7)8/h2-4,6-7,12-13,15,23H,5,8-11,14H2,1H3;1-2H,(H,5,6)(H,7,8)/b;2-1+. The van der Waals surface area contributed by atoms with Crippen LogP contribution in [0.25, 0.3) is 0 Å². The molecule has 1 amide bonds. The maximum absolute atomic E-state index is 12.7. The number of hydrogen-bond acceptors (Lipinski definition) is 6. The van der Waals surface area contributed by atoms with Gasteiger partial charge in [-0.2, -0.15) is 0 Å². The number of amides is 1. The van der Waals surface area contributed by atoms with Crippen LogP contribution in [0.15, 0.2) is 54.6 Å². The van der Waals surface area contributed by atoms with E-state index >= 15 is 0 Å². The highest BCUT2D eigenvalue weighted by molar-refractivity contribution is 6.01. The first-order chi connectivity index (χ1) is 16.8. The fourth-order valence-electron chi connectivity index (χ4n) is 4.12. The summed E-state index contributed by atoms with van der Waals surface area (Å²) in [5.41, 5.74) is 5.08. The molecular formula is C26H28N2O7. The number of nitrogens with zero attached hydrogens (tertiary/aromatic N) is 1. The zero-order valence-electron chi connectivity index (χ0n) is 19.4. The fourth-order valence-corrected chi connectivity index (χ4v) is 4.12. The van der Waals surface area contributed by atoms with Crippen molar-refractivity contribution in [2.75, 3.05) is 24.5 Å². The second-order valence-corrected chi connectivity index (χ2v) is 8.32. The van der Waals surface area contributed by atoms with Crippen molar-refractivity contribution in [3.05, 3.63) is 76.9 Å². The van der Waals surface area contributed by atoms with Crippen LogP contribution in [0.1, 0.15) is 46.3 Å². The third-order valence-corrected chi connectivity index (χ3v) is 5.79. The Bertz CT molecular complexity index is 1110. The number of carboxylic acid groups (broad SMARTS) is 2. The van der Waals surface area contributed by atoms with Gasteiger partial charge >= 0.3 is 24.0 Å². The molecule has 2 aliphatic rings. The van der Waals surface area contributed by atoms with Gasteiger partial charge in [-0.05, 0) is 66.6 Å². The summed E-state index contributed by atoms with van der Waals surface area (Å²) in [5, 5.41) is 19.1. The van der Waals surface area contributed by atoms with Crippen molar-refractivity contribution >= 4 is 29.7 Å². The van der Waals surface area contributed by atoms with Crippen molar-refractivity contribution in [3.63, 3.8) is 0 Å². The van der Waals surface area contributed by atoms with E-state index in [-0.39, 0.29) is 0 Å². The molecule has 4 rings (SSSR count). The molecule has 1 atom stereocenters. The van der Waals surface area contributed by atoms with Crippen LogP contribution in [-0.2, 0) is 27.2 Å². The lowest BCUT2D eigenvalue weighted by molar-refractivity contribution is -0.134. The van der Waals surface area contributed by atoms with E-state index in [1.807, 2.05) is 6.07 Å². The number of nitrogens with one attached hydrogen (secondary N) is 1. The summed E-state index contributed by atoms with van der Waals surface area (Å²) in [7, 11) is 0. The number of benzene rings is 2. The van der Waals surface area contributed by atoms with E-state index in [1.165, 1.54) is 11.1 Å². The van der Waals surface area contributed by atoms with Crippen molar-refractivity contribution in [1.82, 2.24) is 5.32 Å². The zero-order chi connectivity index (χ0) is 25.4. The first-order valence-electron chi connectivity index (χ1n) is 11.3. The van der Waals surface area contributed by atoms with Crippen LogP contribution < -0.4 is 10.2 Å². The highest BCUT2D eigenvalue weighted by Crippen LogP contribution is 2.34. The van der Waals surface area contributed by atoms with Gasteiger partial charge in [0.25, 0.3) is 0 Å². The van der Waals surface area contributed by atoms with E-state index in [2.05, 4.69) is 24.4 Å². The summed E-state index contributed by atoms with van der Waals surface area (Å²) in [4.78, 5) is 45.7. The van der Waals surface area contributed by atoms with Gasteiger partial charge in [-0.25, -0.2) is 19.2 Å². The van der Waals surface area contributed by atoms with Crippen molar-refractivity contribution in [3.8, 4) is 0 Å². The molecule has 0 saturated carbocycles. The minimum absolute atomic E-state index is 0.380. The number of anilines is 1. The summed E-state index contributed by atoms with van der Waals surface area (Å²) in [6.07, 6.45) is 3.28. The molecule has 2 heterocycles.